The van der Waals surface area contributed by atoms with Gasteiger partial charge in [-0.15, -0.1) is 11.3 Å². The van der Waals surface area contributed by atoms with Crippen molar-refractivity contribution in [3.8, 4) is 0 Å². The zero-order chi connectivity index (χ0) is 13.3. The van der Waals surface area contributed by atoms with Crippen LogP contribution in [0.3, 0.4) is 0 Å². The van der Waals surface area contributed by atoms with Crippen LogP contribution < -0.4 is 5.32 Å². The standard InChI is InChI=1S/C13H17NO3S/c1-7-4-3-5-9(7)12(15)14-10-6-8(2)11(18-10)13(16)17/h6-7,9H,3-5H2,1-2H3,(H,14,15)(H,16,17). The van der Waals surface area contributed by atoms with Crippen LogP contribution in [-0.2, 0) is 4.79 Å². The summed E-state index contributed by atoms with van der Waals surface area (Å²) in [6.07, 6.45) is 3.13. The lowest BCUT2D eigenvalue weighted by Crippen LogP contribution is -2.24. The number of carboxylic acids is 1. The summed E-state index contributed by atoms with van der Waals surface area (Å²) in [6, 6.07) is 1.73. The van der Waals surface area contributed by atoms with E-state index in [4.69, 9.17) is 5.11 Å². The molecule has 1 heterocycles. The Morgan fingerprint density at radius 3 is 2.67 bits per heavy atom. The van der Waals surface area contributed by atoms with E-state index in [0.717, 1.165) is 30.6 Å². The van der Waals surface area contributed by atoms with Gasteiger partial charge < -0.3 is 10.4 Å². The number of carboxylic acid groups (broad SMARTS) is 1. The van der Waals surface area contributed by atoms with E-state index in [1.165, 1.54) is 0 Å². The number of aryl methyl sites for hydroxylation is 1. The Morgan fingerprint density at radius 2 is 2.17 bits per heavy atom. The molecule has 5 heteroatoms. The van der Waals surface area contributed by atoms with Crippen LogP contribution in [0.4, 0.5) is 5.00 Å². The van der Waals surface area contributed by atoms with Crippen LogP contribution in [0.1, 0.15) is 41.4 Å². The van der Waals surface area contributed by atoms with Crippen LogP contribution >= 0.6 is 11.3 Å². The molecule has 2 atom stereocenters. The zero-order valence-electron chi connectivity index (χ0n) is 10.5. The van der Waals surface area contributed by atoms with Crippen molar-refractivity contribution in [3.05, 3.63) is 16.5 Å². The van der Waals surface area contributed by atoms with E-state index in [-0.39, 0.29) is 11.8 Å². The molecule has 1 aromatic heterocycles. The molecular weight excluding hydrogens is 250 g/mol. The first-order valence-corrected chi connectivity index (χ1v) is 6.95. The molecule has 0 aromatic carbocycles. The largest absolute Gasteiger partial charge is 0.477 e. The van der Waals surface area contributed by atoms with E-state index in [2.05, 4.69) is 12.2 Å². The SMILES string of the molecule is Cc1cc(NC(=O)C2CCCC2C)sc1C(=O)O. The van der Waals surface area contributed by atoms with Gasteiger partial charge in [0, 0.05) is 5.92 Å². The van der Waals surface area contributed by atoms with Gasteiger partial charge in [0.25, 0.3) is 0 Å². The Morgan fingerprint density at radius 1 is 1.44 bits per heavy atom. The minimum atomic E-state index is -0.938. The number of rotatable bonds is 3. The molecule has 1 fully saturated rings. The molecule has 0 bridgehead atoms. The molecule has 0 spiro atoms. The molecule has 4 nitrogen and oxygen atoms in total. The van der Waals surface area contributed by atoms with Crippen LogP contribution in [0.15, 0.2) is 6.07 Å². The Hall–Kier alpha value is -1.36. The highest BCUT2D eigenvalue weighted by atomic mass is 32.1. The van der Waals surface area contributed by atoms with Crippen molar-refractivity contribution in [1.29, 1.82) is 0 Å². The van der Waals surface area contributed by atoms with Gasteiger partial charge in [-0.3, -0.25) is 4.79 Å². The highest BCUT2D eigenvalue weighted by Gasteiger charge is 2.30. The first-order valence-electron chi connectivity index (χ1n) is 6.13. The summed E-state index contributed by atoms with van der Waals surface area (Å²) >= 11 is 1.12. The van der Waals surface area contributed by atoms with Gasteiger partial charge in [-0.2, -0.15) is 0 Å². The van der Waals surface area contributed by atoms with Gasteiger partial charge in [-0.05, 0) is 37.3 Å². The van der Waals surface area contributed by atoms with Crippen molar-refractivity contribution in [1.82, 2.24) is 0 Å². The van der Waals surface area contributed by atoms with Gasteiger partial charge in [0.1, 0.15) is 4.88 Å². The lowest BCUT2D eigenvalue weighted by molar-refractivity contribution is -0.120. The smallest absolute Gasteiger partial charge is 0.346 e. The molecule has 0 aliphatic heterocycles. The molecule has 0 radical (unpaired) electrons. The van der Waals surface area contributed by atoms with Gasteiger partial charge >= 0.3 is 5.97 Å². The van der Waals surface area contributed by atoms with Crippen molar-refractivity contribution in [3.63, 3.8) is 0 Å². The fourth-order valence-electron chi connectivity index (χ4n) is 2.51. The third kappa shape index (κ3) is 2.56. The Bertz CT molecular complexity index is 481. The number of hydrogen-bond donors (Lipinski definition) is 2. The van der Waals surface area contributed by atoms with Gasteiger partial charge in [-0.25, -0.2) is 4.79 Å². The predicted molar refractivity (Wildman–Crippen MR) is 71.2 cm³/mol. The second-order valence-corrected chi connectivity index (χ2v) is 5.98. The zero-order valence-corrected chi connectivity index (χ0v) is 11.3. The molecular formula is C13H17NO3S. The van der Waals surface area contributed by atoms with Crippen molar-refractivity contribution in [2.45, 2.75) is 33.1 Å². The Balaban J connectivity index is 2.07. The van der Waals surface area contributed by atoms with E-state index in [0.29, 0.717) is 21.4 Å². The highest BCUT2D eigenvalue weighted by molar-refractivity contribution is 7.18. The van der Waals surface area contributed by atoms with E-state index in [1.54, 1.807) is 13.0 Å². The second-order valence-electron chi connectivity index (χ2n) is 4.93. The summed E-state index contributed by atoms with van der Waals surface area (Å²) in [6.45, 7) is 3.84. The molecule has 1 amide bonds. The minimum Gasteiger partial charge on any atom is -0.477 e. The lowest BCUT2D eigenvalue weighted by Gasteiger charge is -2.13. The van der Waals surface area contributed by atoms with E-state index < -0.39 is 5.97 Å². The number of aromatic carboxylic acids is 1. The molecule has 2 unspecified atom stereocenters. The fraction of sp³-hybridized carbons (Fsp3) is 0.538. The number of carbonyl (C=O) groups excluding carboxylic acids is 1. The van der Waals surface area contributed by atoms with Crippen LogP contribution in [0.25, 0.3) is 0 Å². The van der Waals surface area contributed by atoms with Crippen molar-refractivity contribution < 1.29 is 14.7 Å². The summed E-state index contributed by atoms with van der Waals surface area (Å²) < 4.78 is 0. The van der Waals surface area contributed by atoms with E-state index in [1.807, 2.05) is 0 Å². The minimum absolute atomic E-state index is 0.0261. The molecule has 1 aliphatic rings. The van der Waals surface area contributed by atoms with Gasteiger partial charge in [0.15, 0.2) is 0 Å². The Kier molecular flexibility index (Phi) is 3.71. The number of amides is 1. The number of hydrogen-bond acceptors (Lipinski definition) is 3. The Labute approximate surface area is 110 Å². The first kappa shape index (κ1) is 13.1. The van der Waals surface area contributed by atoms with E-state index in [9.17, 15) is 9.59 Å². The highest BCUT2D eigenvalue weighted by Crippen LogP contribution is 2.33. The van der Waals surface area contributed by atoms with Gasteiger partial charge in [0.2, 0.25) is 5.91 Å². The summed E-state index contributed by atoms with van der Waals surface area (Å²) in [5.74, 6) is -0.420. The number of nitrogens with one attached hydrogen (secondary N) is 1. The van der Waals surface area contributed by atoms with Crippen molar-refractivity contribution in [2.24, 2.45) is 11.8 Å². The molecule has 18 heavy (non-hydrogen) atoms. The number of anilines is 1. The normalized spacial score (nSPS) is 23.0. The maximum atomic E-state index is 12.1. The molecule has 2 N–H and O–H groups in total. The topological polar surface area (TPSA) is 66.4 Å². The molecule has 1 aromatic rings. The predicted octanol–water partition coefficient (Wildman–Crippen LogP) is 3.13. The number of thiophene rings is 1. The fourth-order valence-corrected chi connectivity index (χ4v) is 3.42. The first-order chi connectivity index (χ1) is 8.49. The average Bonchev–Trinajstić information content (AvgIpc) is 2.84. The molecule has 2 rings (SSSR count). The summed E-state index contributed by atoms with van der Waals surface area (Å²) in [4.78, 5) is 23.3. The van der Waals surface area contributed by atoms with Crippen molar-refractivity contribution in [2.75, 3.05) is 5.32 Å². The monoisotopic (exact) mass is 267 g/mol. The maximum absolute atomic E-state index is 12.1. The number of carbonyl (C=O) groups is 2. The lowest BCUT2D eigenvalue weighted by atomic mass is 9.97. The summed E-state index contributed by atoms with van der Waals surface area (Å²) in [7, 11) is 0. The van der Waals surface area contributed by atoms with Crippen molar-refractivity contribution >= 4 is 28.2 Å². The average molecular weight is 267 g/mol. The van der Waals surface area contributed by atoms with Crippen LogP contribution in [0.5, 0.6) is 0 Å². The maximum Gasteiger partial charge on any atom is 0.346 e. The van der Waals surface area contributed by atoms with Crippen LogP contribution in [-0.4, -0.2) is 17.0 Å². The van der Waals surface area contributed by atoms with E-state index >= 15 is 0 Å². The molecule has 1 aliphatic carbocycles. The van der Waals surface area contributed by atoms with Gasteiger partial charge in [0.05, 0.1) is 5.00 Å². The van der Waals surface area contributed by atoms with Gasteiger partial charge in [-0.1, -0.05) is 13.3 Å². The summed E-state index contributed by atoms with van der Waals surface area (Å²) in [5.41, 5.74) is 0.697. The molecule has 1 saturated carbocycles. The second kappa shape index (κ2) is 5.10. The third-order valence-electron chi connectivity index (χ3n) is 3.56. The molecule has 0 saturated heterocycles. The molecule has 98 valence electrons. The van der Waals surface area contributed by atoms with Crippen LogP contribution in [0, 0.1) is 18.8 Å². The van der Waals surface area contributed by atoms with Crippen LogP contribution in [0.2, 0.25) is 0 Å². The third-order valence-corrected chi connectivity index (χ3v) is 4.70. The quantitative estimate of drug-likeness (QED) is 0.884. The summed E-state index contributed by atoms with van der Waals surface area (Å²) in [5, 5.41) is 12.4.